The van der Waals surface area contributed by atoms with Crippen molar-refractivity contribution < 1.29 is 40.7 Å². The first kappa shape index (κ1) is 30.7. The monoisotopic (exact) mass is 636 g/mol. The summed E-state index contributed by atoms with van der Waals surface area (Å²) in [6, 6.07) is 7.24. The van der Waals surface area contributed by atoms with Crippen LogP contribution in [-0.4, -0.2) is 21.9 Å². The molecule has 1 saturated carbocycles. The Balaban J connectivity index is 1.54. The van der Waals surface area contributed by atoms with Gasteiger partial charge in [-0.2, -0.15) is 13.2 Å². The van der Waals surface area contributed by atoms with Crippen molar-refractivity contribution in [1.29, 1.82) is 0 Å². The number of hydrogen-bond donors (Lipinski definition) is 2. The first-order valence-electron chi connectivity index (χ1n) is 11.6. The van der Waals surface area contributed by atoms with Crippen molar-refractivity contribution in [3.8, 4) is 0 Å². The van der Waals surface area contributed by atoms with E-state index in [2.05, 4.69) is 10.6 Å². The van der Waals surface area contributed by atoms with Crippen LogP contribution in [0.25, 0.3) is 0 Å². The Morgan fingerprint density at radius 3 is 2.27 bits per heavy atom. The highest BCUT2D eigenvalue weighted by molar-refractivity contribution is 6.53. The fourth-order valence-corrected chi connectivity index (χ4v) is 5.35. The summed E-state index contributed by atoms with van der Waals surface area (Å²) in [5.41, 5.74) is -2.72. The van der Waals surface area contributed by atoms with Gasteiger partial charge in [0.15, 0.2) is 5.82 Å². The smallest absolute Gasteiger partial charge is 0.326 e. The van der Waals surface area contributed by atoms with E-state index in [1.165, 1.54) is 12.1 Å². The van der Waals surface area contributed by atoms with Crippen LogP contribution < -0.4 is 10.6 Å². The first-order valence-corrected chi connectivity index (χ1v) is 12.8. The van der Waals surface area contributed by atoms with Crippen LogP contribution in [0.15, 0.2) is 48.5 Å². The molecule has 14 heteroatoms. The summed E-state index contributed by atoms with van der Waals surface area (Å²) in [5, 5.41) is 4.55. The molecule has 2 atom stereocenters. The van der Waals surface area contributed by atoms with Gasteiger partial charge in [0.25, 0.3) is 5.91 Å². The predicted molar refractivity (Wildman–Crippen MR) is 141 cm³/mol. The third-order valence-corrected chi connectivity index (χ3v) is 7.55. The lowest BCUT2D eigenvalue weighted by Gasteiger charge is -2.12. The first-order chi connectivity index (χ1) is 19.0. The number of amides is 2. The highest BCUT2D eigenvalue weighted by Crippen LogP contribution is 2.65. The third-order valence-electron chi connectivity index (χ3n) is 6.28. The van der Waals surface area contributed by atoms with Gasteiger partial charge in [-0.15, -0.1) is 23.2 Å². The van der Waals surface area contributed by atoms with Gasteiger partial charge in [0, 0.05) is 23.6 Å². The number of rotatable bonds is 7. The summed E-state index contributed by atoms with van der Waals surface area (Å²) in [5.74, 6) is -8.07. The second-order valence-electron chi connectivity index (χ2n) is 9.31. The van der Waals surface area contributed by atoms with Gasteiger partial charge in [-0.25, -0.2) is 13.2 Å². The summed E-state index contributed by atoms with van der Waals surface area (Å²) < 4.78 is 80.3. The van der Waals surface area contributed by atoms with Gasteiger partial charge in [0.2, 0.25) is 5.91 Å². The zero-order valence-electron chi connectivity index (χ0n) is 20.6. The molecule has 1 fully saturated rings. The van der Waals surface area contributed by atoms with Gasteiger partial charge >= 0.3 is 6.18 Å². The largest absolute Gasteiger partial charge is 0.416 e. The predicted octanol–water partition coefficient (Wildman–Crippen LogP) is 7.69. The summed E-state index contributed by atoms with van der Waals surface area (Å²) in [6.45, 7) is 1.14. The SMILES string of the molecule is CC(=O)Cc1c(F)ccc(NC(=O)c2cc(NC(=O)[C@H]3[C@H](c4cc(F)cc(C(F)(F)F)c4)C3(Cl)Cl)ccc2Cl)c1F. The van der Waals surface area contributed by atoms with Crippen molar-refractivity contribution in [2.24, 2.45) is 5.92 Å². The molecule has 1 aliphatic carbocycles. The Hall–Kier alpha value is -3.28. The summed E-state index contributed by atoms with van der Waals surface area (Å²) in [4.78, 5) is 37.2. The summed E-state index contributed by atoms with van der Waals surface area (Å²) in [7, 11) is 0. The van der Waals surface area contributed by atoms with Gasteiger partial charge in [-0.1, -0.05) is 11.6 Å². The van der Waals surface area contributed by atoms with Crippen LogP contribution in [0.2, 0.25) is 5.02 Å². The second-order valence-corrected chi connectivity index (χ2v) is 11.2. The molecule has 0 unspecified atom stereocenters. The van der Waals surface area contributed by atoms with Crippen molar-refractivity contribution in [2.75, 3.05) is 10.6 Å². The highest BCUT2D eigenvalue weighted by atomic mass is 35.5. The van der Waals surface area contributed by atoms with Crippen LogP contribution in [0.4, 0.5) is 37.7 Å². The van der Waals surface area contributed by atoms with Crippen molar-refractivity contribution in [3.63, 3.8) is 0 Å². The van der Waals surface area contributed by atoms with Crippen molar-refractivity contribution in [1.82, 2.24) is 0 Å². The number of halogens is 9. The number of alkyl halides is 5. The lowest BCUT2D eigenvalue weighted by atomic mass is 10.0. The van der Waals surface area contributed by atoms with E-state index in [9.17, 15) is 40.7 Å². The molecule has 4 rings (SSSR count). The number of ketones is 1. The van der Waals surface area contributed by atoms with Gasteiger partial charge < -0.3 is 10.6 Å². The summed E-state index contributed by atoms with van der Waals surface area (Å²) in [6.07, 6.45) is -5.39. The minimum atomic E-state index is -4.85. The Labute approximate surface area is 243 Å². The minimum absolute atomic E-state index is 0.00796. The number of anilines is 2. The van der Waals surface area contributed by atoms with E-state index >= 15 is 0 Å². The number of Topliss-reactive ketones (excluding diaryl/α,β-unsaturated/α-hetero) is 1. The molecule has 216 valence electrons. The number of benzene rings is 3. The standard InChI is InChI=1S/C27H17Cl3F6N2O3/c1-11(39)6-17-19(32)4-5-20(23(17)33)38-24(40)16-10-15(2-3-18(16)28)37-25(41)22-21(26(22,29)30)12-7-13(27(34,35)36)9-14(31)8-12/h2-5,7-10,21-22H,6H2,1H3,(H,37,41)(H,38,40)/t21-,22+/m0/s1. The van der Waals surface area contributed by atoms with Gasteiger partial charge in [0.05, 0.1) is 27.8 Å². The number of carbonyl (C=O) groups excluding carboxylic acids is 3. The molecule has 0 bridgehead atoms. The molecular formula is C27H17Cl3F6N2O3. The van der Waals surface area contributed by atoms with Gasteiger partial charge in [-0.3, -0.25) is 14.4 Å². The maximum absolute atomic E-state index is 14.8. The van der Waals surface area contributed by atoms with Crippen LogP contribution >= 0.6 is 34.8 Å². The zero-order valence-corrected chi connectivity index (χ0v) is 22.9. The van der Waals surface area contributed by atoms with Gasteiger partial charge in [-0.05, 0) is 61.0 Å². The fourth-order valence-electron chi connectivity index (χ4n) is 4.32. The van der Waals surface area contributed by atoms with E-state index in [4.69, 9.17) is 34.8 Å². The maximum Gasteiger partial charge on any atom is 0.416 e. The van der Waals surface area contributed by atoms with Crippen LogP contribution in [0, 0.1) is 23.4 Å². The van der Waals surface area contributed by atoms with E-state index in [0.717, 1.165) is 31.2 Å². The molecular weight excluding hydrogens is 621 g/mol. The molecule has 0 saturated heterocycles. The van der Waals surface area contributed by atoms with Crippen molar-refractivity contribution >= 4 is 63.8 Å². The Bertz CT molecular complexity index is 1580. The normalized spacial score (nSPS) is 17.6. The average Bonchev–Trinajstić information content (AvgIpc) is 3.45. The molecule has 1 aliphatic rings. The van der Waals surface area contributed by atoms with Crippen LogP contribution in [0.5, 0.6) is 0 Å². The molecule has 0 radical (unpaired) electrons. The lowest BCUT2D eigenvalue weighted by Crippen LogP contribution is -2.19. The van der Waals surface area contributed by atoms with Crippen LogP contribution in [0.3, 0.4) is 0 Å². The molecule has 41 heavy (non-hydrogen) atoms. The van der Waals surface area contributed by atoms with Crippen LogP contribution in [0.1, 0.15) is 39.9 Å². The molecule has 0 spiro atoms. The lowest BCUT2D eigenvalue weighted by molar-refractivity contribution is -0.137. The third kappa shape index (κ3) is 6.47. The maximum atomic E-state index is 14.8. The van der Waals surface area contributed by atoms with E-state index < -0.39 is 80.6 Å². The Morgan fingerprint density at radius 2 is 1.63 bits per heavy atom. The average molecular weight is 638 g/mol. The molecule has 2 N–H and O–H groups in total. The zero-order chi connectivity index (χ0) is 30.4. The summed E-state index contributed by atoms with van der Waals surface area (Å²) >= 11 is 18.5. The molecule has 0 aliphatic heterocycles. The molecule has 3 aromatic rings. The second kappa shape index (κ2) is 11.2. The minimum Gasteiger partial charge on any atom is -0.326 e. The number of carbonyl (C=O) groups is 3. The number of nitrogens with one attached hydrogen (secondary N) is 2. The van der Waals surface area contributed by atoms with E-state index in [0.29, 0.717) is 12.1 Å². The topological polar surface area (TPSA) is 75.3 Å². The quantitative estimate of drug-likeness (QED) is 0.206. The molecule has 0 heterocycles. The highest BCUT2D eigenvalue weighted by Gasteiger charge is 2.67. The molecule has 3 aromatic carbocycles. The Morgan fingerprint density at radius 1 is 0.951 bits per heavy atom. The molecule has 0 aromatic heterocycles. The Kier molecular flexibility index (Phi) is 8.37. The molecule has 5 nitrogen and oxygen atoms in total. The number of hydrogen-bond acceptors (Lipinski definition) is 3. The van der Waals surface area contributed by atoms with Gasteiger partial charge in [0.1, 0.15) is 21.8 Å². The van der Waals surface area contributed by atoms with Crippen molar-refractivity contribution in [3.05, 3.63) is 93.3 Å². The molecule has 2 amide bonds. The van der Waals surface area contributed by atoms with Crippen LogP contribution in [-0.2, 0) is 22.2 Å². The fraction of sp³-hybridized carbons (Fsp3) is 0.222. The van der Waals surface area contributed by atoms with E-state index in [-0.39, 0.29) is 21.8 Å². The van der Waals surface area contributed by atoms with E-state index in [1.807, 2.05) is 0 Å². The van der Waals surface area contributed by atoms with Crippen molar-refractivity contribution in [2.45, 2.75) is 29.8 Å². The van der Waals surface area contributed by atoms with E-state index in [1.54, 1.807) is 0 Å².